The van der Waals surface area contributed by atoms with Gasteiger partial charge in [0.15, 0.2) is 0 Å². The summed E-state index contributed by atoms with van der Waals surface area (Å²) < 4.78 is 13.8. The minimum Gasteiger partial charge on any atom is -0.508 e. The third-order valence-corrected chi connectivity index (χ3v) is 3.17. The van der Waals surface area contributed by atoms with E-state index in [1.165, 1.54) is 18.2 Å². The first-order valence-electron chi connectivity index (χ1n) is 6.38. The molecular formula is C15H15FN2O3. The van der Waals surface area contributed by atoms with E-state index in [4.69, 9.17) is 0 Å². The van der Waals surface area contributed by atoms with Crippen molar-refractivity contribution in [2.75, 3.05) is 5.32 Å². The van der Waals surface area contributed by atoms with Crippen molar-refractivity contribution in [2.45, 2.75) is 19.9 Å². The maximum absolute atomic E-state index is 13.8. The highest BCUT2D eigenvalue weighted by molar-refractivity contribution is 5.63. The molecule has 0 saturated heterocycles. The first-order valence-corrected chi connectivity index (χ1v) is 6.38. The van der Waals surface area contributed by atoms with E-state index in [1.807, 2.05) is 0 Å². The second kappa shape index (κ2) is 5.78. The minimum absolute atomic E-state index is 0.0546. The highest BCUT2D eigenvalue weighted by Crippen LogP contribution is 2.30. The van der Waals surface area contributed by atoms with E-state index in [9.17, 15) is 19.6 Å². The van der Waals surface area contributed by atoms with Gasteiger partial charge in [-0.15, -0.1) is 0 Å². The number of halogens is 1. The van der Waals surface area contributed by atoms with Crippen LogP contribution in [0.2, 0.25) is 0 Å². The van der Waals surface area contributed by atoms with Crippen LogP contribution in [0.15, 0.2) is 36.4 Å². The van der Waals surface area contributed by atoms with Gasteiger partial charge in [-0.25, -0.2) is 4.39 Å². The van der Waals surface area contributed by atoms with Crippen LogP contribution in [0.4, 0.5) is 15.8 Å². The normalized spacial score (nSPS) is 12.0. The summed E-state index contributed by atoms with van der Waals surface area (Å²) in [4.78, 5) is 10.6. The van der Waals surface area contributed by atoms with Crippen molar-refractivity contribution in [1.82, 2.24) is 0 Å². The molecule has 0 amide bonds. The first-order chi connectivity index (χ1) is 9.88. The Morgan fingerprint density at radius 2 is 2.00 bits per heavy atom. The van der Waals surface area contributed by atoms with E-state index >= 15 is 0 Å². The number of aromatic hydroxyl groups is 1. The predicted molar refractivity (Wildman–Crippen MR) is 77.9 cm³/mol. The maximum atomic E-state index is 13.8. The summed E-state index contributed by atoms with van der Waals surface area (Å²) in [5.74, 6) is -0.727. The Kier molecular flexibility index (Phi) is 4.07. The van der Waals surface area contributed by atoms with Crippen LogP contribution in [0, 0.1) is 22.9 Å². The number of hydrogen-bond acceptors (Lipinski definition) is 4. The fourth-order valence-electron chi connectivity index (χ4n) is 2.09. The zero-order chi connectivity index (χ0) is 15.6. The molecule has 110 valence electrons. The van der Waals surface area contributed by atoms with Crippen LogP contribution in [-0.4, -0.2) is 10.0 Å². The predicted octanol–water partition coefficient (Wildman–Crippen LogP) is 3.92. The SMILES string of the molecule is Cc1ccc(NC(C)c2ccc(O)cc2F)c([N+](=O)[O-])c1. The minimum atomic E-state index is -0.565. The molecule has 0 saturated carbocycles. The van der Waals surface area contributed by atoms with Crippen LogP contribution < -0.4 is 5.32 Å². The number of nitrogens with zero attached hydrogens (tertiary/aromatic N) is 1. The van der Waals surface area contributed by atoms with Crippen molar-refractivity contribution < 1.29 is 14.4 Å². The van der Waals surface area contributed by atoms with Crippen LogP contribution in [0.1, 0.15) is 24.1 Å². The van der Waals surface area contributed by atoms with Crippen molar-refractivity contribution in [1.29, 1.82) is 0 Å². The zero-order valence-corrected chi connectivity index (χ0v) is 11.6. The molecule has 2 aromatic rings. The molecule has 0 radical (unpaired) electrons. The standard InChI is InChI=1S/C15H15FN2O3/c1-9-3-6-14(15(7-9)18(20)21)17-10(2)12-5-4-11(19)8-13(12)16/h3-8,10,17,19H,1-2H3. The molecule has 0 fully saturated rings. The van der Waals surface area contributed by atoms with Crippen LogP contribution in [0.5, 0.6) is 5.75 Å². The number of aryl methyl sites for hydroxylation is 1. The molecule has 0 bridgehead atoms. The van der Waals surface area contributed by atoms with Crippen LogP contribution in [-0.2, 0) is 0 Å². The molecule has 0 spiro atoms. The van der Waals surface area contributed by atoms with E-state index in [2.05, 4.69) is 5.32 Å². The average molecular weight is 290 g/mol. The third-order valence-electron chi connectivity index (χ3n) is 3.17. The highest BCUT2D eigenvalue weighted by Gasteiger charge is 2.18. The third kappa shape index (κ3) is 3.28. The van der Waals surface area contributed by atoms with Crippen molar-refractivity contribution in [3.63, 3.8) is 0 Å². The Morgan fingerprint density at radius 1 is 1.29 bits per heavy atom. The summed E-state index contributed by atoms with van der Waals surface area (Å²) in [6.45, 7) is 3.46. The second-order valence-electron chi connectivity index (χ2n) is 4.85. The quantitative estimate of drug-likeness (QED) is 0.661. The van der Waals surface area contributed by atoms with Crippen LogP contribution in [0.25, 0.3) is 0 Å². The Morgan fingerprint density at radius 3 is 2.62 bits per heavy atom. The van der Waals surface area contributed by atoms with Crippen LogP contribution >= 0.6 is 0 Å². The molecule has 0 aliphatic carbocycles. The topological polar surface area (TPSA) is 75.4 Å². The molecule has 1 atom stereocenters. The van der Waals surface area contributed by atoms with Crippen molar-refractivity contribution >= 4 is 11.4 Å². The van der Waals surface area contributed by atoms with E-state index in [-0.39, 0.29) is 11.4 Å². The lowest BCUT2D eigenvalue weighted by Crippen LogP contribution is -2.10. The number of anilines is 1. The molecule has 2 rings (SSSR count). The number of nitro groups is 1. The number of rotatable bonds is 4. The lowest BCUT2D eigenvalue weighted by Gasteiger charge is -2.16. The number of hydrogen-bond donors (Lipinski definition) is 2. The largest absolute Gasteiger partial charge is 0.508 e. The van der Waals surface area contributed by atoms with Crippen molar-refractivity contribution in [3.05, 3.63) is 63.5 Å². The first kappa shape index (κ1) is 14.8. The molecule has 0 aliphatic heterocycles. The average Bonchev–Trinajstić information content (AvgIpc) is 2.40. The van der Waals surface area contributed by atoms with Gasteiger partial charge in [0.25, 0.3) is 5.69 Å². The van der Waals surface area contributed by atoms with Gasteiger partial charge >= 0.3 is 0 Å². The van der Waals surface area contributed by atoms with Gasteiger partial charge in [0.2, 0.25) is 0 Å². The lowest BCUT2D eigenvalue weighted by atomic mass is 10.1. The number of nitrogens with one attached hydrogen (secondary N) is 1. The zero-order valence-electron chi connectivity index (χ0n) is 11.6. The van der Waals surface area contributed by atoms with Gasteiger partial charge in [-0.05, 0) is 31.5 Å². The van der Waals surface area contributed by atoms with Gasteiger partial charge in [0.1, 0.15) is 17.3 Å². The Hall–Kier alpha value is -2.63. The molecule has 1 unspecified atom stereocenters. The van der Waals surface area contributed by atoms with Crippen molar-refractivity contribution in [2.24, 2.45) is 0 Å². The fourth-order valence-corrected chi connectivity index (χ4v) is 2.09. The van der Waals surface area contributed by atoms with Gasteiger partial charge < -0.3 is 10.4 Å². The van der Waals surface area contributed by atoms with E-state index in [0.29, 0.717) is 11.3 Å². The number of nitro benzene ring substituents is 1. The maximum Gasteiger partial charge on any atom is 0.292 e. The van der Waals surface area contributed by atoms with E-state index < -0.39 is 16.8 Å². The number of phenols is 1. The van der Waals surface area contributed by atoms with Gasteiger partial charge in [-0.2, -0.15) is 0 Å². The molecule has 0 heterocycles. The molecule has 5 nitrogen and oxygen atoms in total. The Bertz CT molecular complexity index is 689. The van der Waals surface area contributed by atoms with Gasteiger partial charge in [-0.1, -0.05) is 12.1 Å². The molecule has 2 aromatic carbocycles. The second-order valence-corrected chi connectivity index (χ2v) is 4.85. The molecule has 2 N–H and O–H groups in total. The molecule has 0 aliphatic rings. The molecular weight excluding hydrogens is 275 g/mol. The summed E-state index contributed by atoms with van der Waals surface area (Å²) in [6.07, 6.45) is 0. The summed E-state index contributed by atoms with van der Waals surface area (Å²) in [7, 11) is 0. The fraction of sp³-hybridized carbons (Fsp3) is 0.200. The molecule has 0 aromatic heterocycles. The summed E-state index contributed by atoms with van der Waals surface area (Å²) in [5.41, 5.74) is 1.37. The Balaban J connectivity index is 2.31. The number of phenolic OH excluding ortho intramolecular Hbond substituents is 1. The number of benzene rings is 2. The van der Waals surface area contributed by atoms with E-state index in [1.54, 1.807) is 26.0 Å². The summed E-state index contributed by atoms with van der Waals surface area (Å²) >= 11 is 0. The van der Waals surface area contributed by atoms with Gasteiger partial charge in [0.05, 0.1) is 11.0 Å². The Labute approximate surface area is 121 Å². The monoisotopic (exact) mass is 290 g/mol. The summed E-state index contributed by atoms with van der Waals surface area (Å²) in [5, 5.41) is 23.2. The van der Waals surface area contributed by atoms with Gasteiger partial charge in [-0.3, -0.25) is 10.1 Å². The smallest absolute Gasteiger partial charge is 0.292 e. The molecule has 6 heteroatoms. The van der Waals surface area contributed by atoms with E-state index in [0.717, 1.165) is 11.6 Å². The van der Waals surface area contributed by atoms with Gasteiger partial charge in [0, 0.05) is 17.7 Å². The van der Waals surface area contributed by atoms with Crippen LogP contribution in [0.3, 0.4) is 0 Å². The summed E-state index contributed by atoms with van der Waals surface area (Å²) in [6, 6.07) is 8.16. The molecule has 21 heavy (non-hydrogen) atoms. The van der Waals surface area contributed by atoms with Crippen molar-refractivity contribution in [3.8, 4) is 5.75 Å². The lowest BCUT2D eigenvalue weighted by molar-refractivity contribution is -0.384. The highest BCUT2D eigenvalue weighted by atomic mass is 19.1.